The lowest BCUT2D eigenvalue weighted by Crippen LogP contribution is -2.37. The van der Waals surface area contributed by atoms with Crippen molar-refractivity contribution < 1.29 is 14.3 Å². The Labute approximate surface area is 242 Å². The molecule has 2 N–H and O–H groups in total. The van der Waals surface area contributed by atoms with E-state index in [4.69, 9.17) is 19.7 Å². The molecule has 0 aliphatic carbocycles. The topological polar surface area (TPSA) is 122 Å². The standard InChI is InChI=1S/C32H29N7O3/c1-21(40)18-22-2-6-26(7-3-22)35-32(41)36-27-8-4-24(5-9-27)30-37-28-19-25(23-10-12-33-13-11-23)20-34-29(28)31(38-30)39-14-16-42-17-15-39/h2-13,19-20H,14-18H2,1H3,(H2,35,36,41). The van der Waals surface area contributed by atoms with Crippen molar-refractivity contribution in [2.45, 2.75) is 13.3 Å². The molecule has 3 aromatic heterocycles. The fourth-order valence-corrected chi connectivity index (χ4v) is 4.82. The van der Waals surface area contributed by atoms with Crippen molar-refractivity contribution in [2.75, 3.05) is 41.8 Å². The Balaban J connectivity index is 1.24. The summed E-state index contributed by atoms with van der Waals surface area (Å²) in [5.74, 6) is 1.43. The fourth-order valence-electron chi connectivity index (χ4n) is 4.82. The molecule has 0 atom stereocenters. The molecule has 210 valence electrons. The number of carbonyl (C=O) groups excluding carboxylic acids is 2. The van der Waals surface area contributed by atoms with E-state index in [0.717, 1.165) is 52.2 Å². The maximum Gasteiger partial charge on any atom is 0.323 e. The van der Waals surface area contributed by atoms with Crippen LogP contribution >= 0.6 is 0 Å². The van der Waals surface area contributed by atoms with E-state index in [1.807, 2.05) is 60.8 Å². The lowest BCUT2D eigenvalue weighted by molar-refractivity contribution is -0.116. The first-order chi connectivity index (χ1) is 20.5. The van der Waals surface area contributed by atoms with Crippen LogP contribution in [-0.2, 0) is 16.0 Å². The van der Waals surface area contributed by atoms with Crippen molar-refractivity contribution in [2.24, 2.45) is 0 Å². The van der Waals surface area contributed by atoms with Crippen LogP contribution in [0, 0.1) is 0 Å². The molecule has 0 radical (unpaired) electrons. The van der Waals surface area contributed by atoms with Gasteiger partial charge in [0.1, 0.15) is 11.3 Å². The van der Waals surface area contributed by atoms with Gasteiger partial charge in [-0.2, -0.15) is 0 Å². The Hall–Kier alpha value is -5.22. The number of hydrogen-bond donors (Lipinski definition) is 2. The molecule has 42 heavy (non-hydrogen) atoms. The van der Waals surface area contributed by atoms with Crippen LogP contribution in [0.5, 0.6) is 0 Å². The number of benzene rings is 2. The number of anilines is 3. The first-order valence-electron chi connectivity index (χ1n) is 13.7. The molecular weight excluding hydrogens is 530 g/mol. The fraction of sp³-hybridized carbons (Fsp3) is 0.188. The maximum absolute atomic E-state index is 12.6. The van der Waals surface area contributed by atoms with Crippen molar-refractivity contribution in [3.63, 3.8) is 0 Å². The predicted molar refractivity (Wildman–Crippen MR) is 163 cm³/mol. The highest BCUT2D eigenvalue weighted by atomic mass is 16.5. The molecule has 0 unspecified atom stereocenters. The highest BCUT2D eigenvalue weighted by Crippen LogP contribution is 2.30. The van der Waals surface area contributed by atoms with Crippen molar-refractivity contribution >= 4 is 40.0 Å². The summed E-state index contributed by atoms with van der Waals surface area (Å²) in [7, 11) is 0. The van der Waals surface area contributed by atoms with Gasteiger partial charge in [0.15, 0.2) is 11.6 Å². The van der Waals surface area contributed by atoms with E-state index in [-0.39, 0.29) is 11.8 Å². The average molecular weight is 560 g/mol. The van der Waals surface area contributed by atoms with Crippen molar-refractivity contribution in [3.8, 4) is 22.5 Å². The number of nitrogens with zero attached hydrogens (tertiary/aromatic N) is 5. The van der Waals surface area contributed by atoms with E-state index in [9.17, 15) is 9.59 Å². The molecule has 2 amide bonds. The summed E-state index contributed by atoms with van der Waals surface area (Å²) in [4.78, 5) is 44.8. The number of pyridine rings is 2. The zero-order valence-corrected chi connectivity index (χ0v) is 23.1. The number of hydrogen-bond acceptors (Lipinski definition) is 8. The van der Waals surface area contributed by atoms with Crippen LogP contribution in [0.25, 0.3) is 33.5 Å². The third-order valence-electron chi connectivity index (χ3n) is 6.91. The highest BCUT2D eigenvalue weighted by molar-refractivity contribution is 6.00. The third-order valence-corrected chi connectivity index (χ3v) is 6.91. The van der Waals surface area contributed by atoms with Crippen LogP contribution in [0.4, 0.5) is 22.0 Å². The number of ketones is 1. The van der Waals surface area contributed by atoms with E-state index in [2.05, 4.69) is 20.5 Å². The number of morpholine rings is 1. The number of aromatic nitrogens is 4. The largest absolute Gasteiger partial charge is 0.378 e. The summed E-state index contributed by atoms with van der Waals surface area (Å²) in [6.07, 6.45) is 5.73. The highest BCUT2D eigenvalue weighted by Gasteiger charge is 2.19. The molecule has 4 heterocycles. The van der Waals surface area contributed by atoms with E-state index in [1.54, 1.807) is 31.5 Å². The summed E-state index contributed by atoms with van der Waals surface area (Å²) in [5.41, 5.74) is 6.41. The summed E-state index contributed by atoms with van der Waals surface area (Å²) < 4.78 is 5.56. The minimum absolute atomic E-state index is 0.0923. The zero-order valence-electron chi connectivity index (χ0n) is 23.1. The predicted octanol–water partition coefficient (Wildman–Crippen LogP) is 5.37. The number of rotatable bonds is 7. The van der Waals surface area contributed by atoms with Gasteiger partial charge in [-0.1, -0.05) is 12.1 Å². The first-order valence-corrected chi connectivity index (χ1v) is 13.7. The molecule has 10 nitrogen and oxygen atoms in total. The van der Waals surface area contributed by atoms with Crippen molar-refractivity contribution in [1.82, 2.24) is 19.9 Å². The van der Waals surface area contributed by atoms with Crippen LogP contribution in [0.1, 0.15) is 12.5 Å². The number of amides is 2. The molecule has 1 saturated heterocycles. The van der Waals surface area contributed by atoms with Crippen LogP contribution in [0.3, 0.4) is 0 Å². The Morgan fingerprint density at radius 1 is 0.833 bits per heavy atom. The number of fused-ring (bicyclic) bond motifs is 1. The molecule has 5 aromatic rings. The second kappa shape index (κ2) is 12.1. The zero-order chi connectivity index (χ0) is 28.9. The van der Waals surface area contributed by atoms with Gasteiger partial charge in [0.05, 0.1) is 18.7 Å². The SMILES string of the molecule is CC(=O)Cc1ccc(NC(=O)Nc2ccc(-c3nc(N4CCOCC4)c4ncc(-c5ccncc5)cc4n3)cc2)cc1. The van der Waals surface area contributed by atoms with Crippen LogP contribution in [0.15, 0.2) is 85.3 Å². The maximum atomic E-state index is 12.6. The smallest absolute Gasteiger partial charge is 0.323 e. The van der Waals surface area contributed by atoms with Gasteiger partial charge in [-0.3, -0.25) is 14.8 Å². The minimum atomic E-state index is -0.367. The van der Waals surface area contributed by atoms with Gasteiger partial charge in [-0.25, -0.2) is 14.8 Å². The molecule has 1 fully saturated rings. The summed E-state index contributed by atoms with van der Waals surface area (Å²) in [5, 5.41) is 5.67. The minimum Gasteiger partial charge on any atom is -0.378 e. The molecule has 6 rings (SSSR count). The molecule has 1 aliphatic heterocycles. The van der Waals surface area contributed by atoms with Gasteiger partial charge < -0.3 is 20.3 Å². The van der Waals surface area contributed by atoms with Crippen LogP contribution < -0.4 is 15.5 Å². The summed E-state index contributed by atoms with van der Waals surface area (Å²) >= 11 is 0. The van der Waals surface area contributed by atoms with Crippen molar-refractivity contribution in [3.05, 3.63) is 90.9 Å². The molecule has 0 spiro atoms. The Morgan fingerprint density at radius 3 is 2.17 bits per heavy atom. The first kappa shape index (κ1) is 27.0. The summed E-state index contributed by atoms with van der Waals surface area (Å²) in [6.45, 7) is 4.24. The average Bonchev–Trinajstić information content (AvgIpc) is 3.02. The Morgan fingerprint density at radius 2 is 1.50 bits per heavy atom. The summed E-state index contributed by atoms with van der Waals surface area (Å²) in [6, 6.07) is 20.2. The van der Waals surface area contributed by atoms with Gasteiger partial charge in [0.2, 0.25) is 0 Å². The quantitative estimate of drug-likeness (QED) is 0.273. The molecule has 0 bridgehead atoms. The molecule has 2 aromatic carbocycles. The van der Waals surface area contributed by atoms with Gasteiger partial charge in [-0.05, 0) is 72.6 Å². The van der Waals surface area contributed by atoms with Crippen molar-refractivity contribution in [1.29, 1.82) is 0 Å². The lowest BCUT2D eigenvalue weighted by Gasteiger charge is -2.28. The third kappa shape index (κ3) is 6.24. The van der Waals surface area contributed by atoms with E-state index in [1.165, 1.54) is 0 Å². The molecular formula is C32H29N7O3. The van der Waals surface area contributed by atoms with Crippen LogP contribution in [0.2, 0.25) is 0 Å². The number of ether oxygens (including phenoxy) is 1. The van der Waals surface area contributed by atoms with Gasteiger partial charge in [0.25, 0.3) is 0 Å². The second-order valence-corrected chi connectivity index (χ2v) is 10.0. The lowest BCUT2D eigenvalue weighted by atomic mass is 10.1. The van der Waals surface area contributed by atoms with Gasteiger partial charge in [-0.15, -0.1) is 0 Å². The molecule has 1 aliphatic rings. The number of nitrogens with one attached hydrogen (secondary N) is 2. The van der Waals surface area contributed by atoms with E-state index < -0.39 is 0 Å². The second-order valence-electron chi connectivity index (χ2n) is 10.0. The normalized spacial score (nSPS) is 13.1. The Kier molecular flexibility index (Phi) is 7.78. The number of Topliss-reactive ketones (excluding diaryl/α,β-unsaturated/α-hetero) is 1. The van der Waals surface area contributed by atoms with Gasteiger partial charge in [0, 0.05) is 60.6 Å². The molecule has 0 saturated carbocycles. The van der Waals surface area contributed by atoms with Gasteiger partial charge >= 0.3 is 6.03 Å². The van der Waals surface area contributed by atoms with E-state index in [0.29, 0.717) is 36.8 Å². The number of carbonyl (C=O) groups is 2. The van der Waals surface area contributed by atoms with E-state index >= 15 is 0 Å². The molecule has 10 heteroatoms. The monoisotopic (exact) mass is 559 g/mol. The Bertz CT molecular complexity index is 1720. The van der Waals surface area contributed by atoms with Crippen LogP contribution in [-0.4, -0.2) is 58.1 Å². The number of urea groups is 1.